The van der Waals surface area contributed by atoms with Crippen molar-refractivity contribution in [2.45, 2.75) is 6.42 Å². The van der Waals surface area contributed by atoms with Crippen LogP contribution in [0.25, 0.3) is 0 Å². The first-order chi connectivity index (χ1) is 13.6. The van der Waals surface area contributed by atoms with E-state index in [9.17, 15) is 9.18 Å². The SMILES string of the molecule is COc1ccc(Nc2cncc(C(=O)NCCc3ccccc3F)c2)cc1Cl. The number of anilines is 2. The normalized spacial score (nSPS) is 10.4. The summed E-state index contributed by atoms with van der Waals surface area (Å²) in [4.78, 5) is 16.4. The minimum atomic E-state index is -0.278. The Labute approximate surface area is 167 Å². The first-order valence-corrected chi connectivity index (χ1v) is 9.02. The topological polar surface area (TPSA) is 63.2 Å². The van der Waals surface area contributed by atoms with Crippen LogP contribution in [0.15, 0.2) is 60.9 Å². The van der Waals surface area contributed by atoms with Gasteiger partial charge in [-0.15, -0.1) is 0 Å². The molecule has 5 nitrogen and oxygen atoms in total. The number of halogens is 2. The summed E-state index contributed by atoms with van der Waals surface area (Å²) in [5.41, 5.74) is 2.35. The van der Waals surface area contributed by atoms with E-state index in [-0.39, 0.29) is 11.7 Å². The van der Waals surface area contributed by atoms with Crippen molar-refractivity contribution in [1.82, 2.24) is 10.3 Å². The third kappa shape index (κ3) is 4.98. The van der Waals surface area contributed by atoms with Crippen LogP contribution in [0.2, 0.25) is 5.02 Å². The maximum Gasteiger partial charge on any atom is 0.252 e. The van der Waals surface area contributed by atoms with Crippen molar-refractivity contribution in [2.24, 2.45) is 0 Å². The molecule has 1 heterocycles. The Morgan fingerprint density at radius 3 is 2.71 bits per heavy atom. The van der Waals surface area contributed by atoms with Crippen LogP contribution < -0.4 is 15.4 Å². The van der Waals surface area contributed by atoms with Gasteiger partial charge in [0.15, 0.2) is 0 Å². The predicted octanol–water partition coefficient (Wildman–Crippen LogP) is 4.60. The average molecular weight is 400 g/mol. The highest BCUT2D eigenvalue weighted by Crippen LogP contribution is 2.28. The maximum atomic E-state index is 13.6. The minimum absolute atomic E-state index is 0.275. The van der Waals surface area contributed by atoms with Crippen molar-refractivity contribution < 1.29 is 13.9 Å². The molecule has 0 unspecified atom stereocenters. The van der Waals surface area contributed by atoms with Crippen molar-refractivity contribution in [3.8, 4) is 5.75 Å². The molecule has 2 aromatic carbocycles. The predicted molar refractivity (Wildman–Crippen MR) is 108 cm³/mol. The van der Waals surface area contributed by atoms with Gasteiger partial charge >= 0.3 is 0 Å². The lowest BCUT2D eigenvalue weighted by Gasteiger charge is -2.10. The molecule has 0 saturated carbocycles. The zero-order chi connectivity index (χ0) is 19.9. The van der Waals surface area contributed by atoms with Crippen LogP contribution in [0.1, 0.15) is 15.9 Å². The number of nitrogens with one attached hydrogen (secondary N) is 2. The van der Waals surface area contributed by atoms with Gasteiger partial charge in [-0.2, -0.15) is 0 Å². The lowest BCUT2D eigenvalue weighted by atomic mass is 10.1. The smallest absolute Gasteiger partial charge is 0.252 e. The number of nitrogens with zero attached hydrogens (tertiary/aromatic N) is 1. The summed E-state index contributed by atoms with van der Waals surface area (Å²) in [5, 5.41) is 6.40. The van der Waals surface area contributed by atoms with Gasteiger partial charge in [0.1, 0.15) is 11.6 Å². The molecule has 0 fully saturated rings. The molecule has 0 aliphatic carbocycles. The molecule has 0 radical (unpaired) electrons. The summed E-state index contributed by atoms with van der Waals surface area (Å²) in [7, 11) is 1.55. The van der Waals surface area contributed by atoms with Crippen LogP contribution >= 0.6 is 11.6 Å². The van der Waals surface area contributed by atoms with Crippen molar-refractivity contribution >= 4 is 28.9 Å². The van der Waals surface area contributed by atoms with E-state index >= 15 is 0 Å². The van der Waals surface area contributed by atoms with Gasteiger partial charge in [0.2, 0.25) is 0 Å². The number of hydrogen-bond acceptors (Lipinski definition) is 4. The van der Waals surface area contributed by atoms with E-state index in [2.05, 4.69) is 15.6 Å². The lowest BCUT2D eigenvalue weighted by Crippen LogP contribution is -2.26. The van der Waals surface area contributed by atoms with E-state index < -0.39 is 0 Å². The Bertz CT molecular complexity index is 981. The number of methoxy groups -OCH3 is 1. The summed E-state index contributed by atoms with van der Waals surface area (Å²) >= 11 is 6.12. The van der Waals surface area contributed by atoms with Gasteiger partial charge in [-0.25, -0.2) is 4.39 Å². The molecule has 0 aliphatic rings. The molecule has 3 rings (SSSR count). The molecule has 7 heteroatoms. The zero-order valence-electron chi connectivity index (χ0n) is 15.2. The van der Waals surface area contributed by atoms with Gasteiger partial charge in [-0.3, -0.25) is 9.78 Å². The van der Waals surface area contributed by atoms with Crippen LogP contribution in [0.3, 0.4) is 0 Å². The Hall–Kier alpha value is -3.12. The summed E-state index contributed by atoms with van der Waals surface area (Å²) in [6.07, 6.45) is 3.49. The van der Waals surface area contributed by atoms with Crippen LogP contribution in [0, 0.1) is 5.82 Å². The molecule has 0 spiro atoms. The number of carbonyl (C=O) groups is 1. The standard InChI is InChI=1S/C21H19ClFN3O2/c1-28-20-7-6-16(11-18(20)22)26-17-10-15(12-24-13-17)21(27)25-9-8-14-4-2-3-5-19(14)23/h2-7,10-13,26H,8-9H2,1H3,(H,25,27). The number of hydrogen-bond donors (Lipinski definition) is 2. The first-order valence-electron chi connectivity index (χ1n) is 8.64. The Kier molecular flexibility index (Phi) is 6.45. The fourth-order valence-corrected chi connectivity index (χ4v) is 2.91. The second-order valence-corrected chi connectivity index (χ2v) is 6.44. The van der Waals surface area contributed by atoms with Crippen LogP contribution in [0.5, 0.6) is 5.75 Å². The highest BCUT2D eigenvalue weighted by molar-refractivity contribution is 6.32. The number of amides is 1. The summed E-state index contributed by atoms with van der Waals surface area (Å²) in [6.45, 7) is 0.325. The number of benzene rings is 2. The van der Waals surface area contributed by atoms with Crippen molar-refractivity contribution in [2.75, 3.05) is 19.0 Å². The average Bonchev–Trinajstić information content (AvgIpc) is 2.70. The van der Waals surface area contributed by atoms with Gasteiger partial charge in [-0.1, -0.05) is 29.8 Å². The number of carbonyl (C=O) groups excluding carboxylic acids is 1. The molecule has 144 valence electrons. The number of aromatic nitrogens is 1. The minimum Gasteiger partial charge on any atom is -0.495 e. The Morgan fingerprint density at radius 2 is 1.96 bits per heavy atom. The van der Waals surface area contributed by atoms with Crippen molar-refractivity contribution in [3.05, 3.63) is 82.9 Å². The van der Waals surface area contributed by atoms with Gasteiger partial charge in [0, 0.05) is 18.4 Å². The maximum absolute atomic E-state index is 13.6. The summed E-state index contributed by atoms with van der Waals surface area (Å²) in [6, 6.07) is 13.5. The summed E-state index contributed by atoms with van der Waals surface area (Å²) in [5.74, 6) is 0.0244. The highest BCUT2D eigenvalue weighted by atomic mass is 35.5. The molecule has 0 atom stereocenters. The molecule has 28 heavy (non-hydrogen) atoms. The van der Waals surface area contributed by atoms with E-state index in [1.54, 1.807) is 49.7 Å². The lowest BCUT2D eigenvalue weighted by molar-refractivity contribution is 0.0953. The van der Waals surface area contributed by atoms with Gasteiger partial charge in [0.25, 0.3) is 5.91 Å². The quantitative estimate of drug-likeness (QED) is 0.609. The van der Waals surface area contributed by atoms with Gasteiger partial charge in [-0.05, 0) is 42.3 Å². The van der Waals surface area contributed by atoms with Crippen LogP contribution in [-0.4, -0.2) is 24.5 Å². The molecular formula is C21H19ClFN3O2. The van der Waals surface area contributed by atoms with E-state index in [0.717, 1.165) is 5.69 Å². The van der Waals surface area contributed by atoms with E-state index in [0.29, 0.717) is 40.6 Å². The van der Waals surface area contributed by atoms with Crippen molar-refractivity contribution in [3.63, 3.8) is 0 Å². The first kappa shape index (κ1) is 19.6. The van der Waals surface area contributed by atoms with E-state index in [1.807, 2.05) is 6.07 Å². The summed E-state index contributed by atoms with van der Waals surface area (Å²) < 4.78 is 18.8. The molecule has 2 N–H and O–H groups in total. The Morgan fingerprint density at radius 1 is 1.14 bits per heavy atom. The molecule has 1 amide bonds. The third-order valence-corrected chi connectivity index (χ3v) is 4.37. The molecule has 0 bridgehead atoms. The molecular weight excluding hydrogens is 381 g/mol. The van der Waals surface area contributed by atoms with Gasteiger partial charge in [0.05, 0.1) is 29.6 Å². The monoisotopic (exact) mass is 399 g/mol. The zero-order valence-corrected chi connectivity index (χ0v) is 16.0. The molecule has 0 saturated heterocycles. The number of ether oxygens (including phenoxy) is 1. The van der Waals surface area contributed by atoms with Gasteiger partial charge < -0.3 is 15.4 Å². The second-order valence-electron chi connectivity index (χ2n) is 6.03. The van der Waals surface area contributed by atoms with E-state index in [1.165, 1.54) is 12.3 Å². The van der Waals surface area contributed by atoms with Crippen LogP contribution in [-0.2, 0) is 6.42 Å². The third-order valence-electron chi connectivity index (χ3n) is 4.08. The van der Waals surface area contributed by atoms with E-state index in [4.69, 9.17) is 16.3 Å². The fourth-order valence-electron chi connectivity index (χ4n) is 2.66. The second kappa shape index (κ2) is 9.19. The van der Waals surface area contributed by atoms with Crippen molar-refractivity contribution in [1.29, 1.82) is 0 Å². The highest BCUT2D eigenvalue weighted by Gasteiger charge is 2.09. The largest absolute Gasteiger partial charge is 0.495 e. The molecule has 3 aromatic rings. The Balaban J connectivity index is 1.61. The number of pyridine rings is 1. The number of rotatable bonds is 7. The fraction of sp³-hybridized carbons (Fsp3) is 0.143. The molecule has 1 aromatic heterocycles. The van der Waals surface area contributed by atoms with Crippen LogP contribution in [0.4, 0.5) is 15.8 Å². The molecule has 0 aliphatic heterocycles.